The van der Waals surface area contributed by atoms with Crippen LogP contribution in [0.2, 0.25) is 20.1 Å². The first-order valence-electron chi connectivity index (χ1n) is 7.49. The maximum Gasteiger partial charge on any atom is 0.255 e. The van der Waals surface area contributed by atoms with Crippen LogP contribution in [0.4, 0.5) is 0 Å². The van der Waals surface area contributed by atoms with Crippen molar-refractivity contribution in [3.8, 4) is 0 Å². The van der Waals surface area contributed by atoms with Crippen LogP contribution in [0.1, 0.15) is 35.2 Å². The van der Waals surface area contributed by atoms with Gasteiger partial charge in [0.05, 0.1) is 20.6 Å². The molecule has 6 heteroatoms. The van der Waals surface area contributed by atoms with E-state index in [1.165, 1.54) is 0 Å². The highest BCUT2D eigenvalue weighted by atomic mass is 35.5. The molecule has 1 unspecified atom stereocenters. The fourth-order valence-electron chi connectivity index (χ4n) is 2.52. The molecule has 24 heavy (non-hydrogen) atoms. The summed E-state index contributed by atoms with van der Waals surface area (Å²) < 4.78 is 0. The van der Waals surface area contributed by atoms with Gasteiger partial charge in [-0.05, 0) is 42.3 Å². The number of amides is 1. The molecule has 1 amide bonds. The highest BCUT2D eigenvalue weighted by Crippen LogP contribution is 2.29. The zero-order valence-corrected chi connectivity index (χ0v) is 16.3. The molecule has 0 aliphatic rings. The van der Waals surface area contributed by atoms with E-state index < -0.39 is 0 Å². The number of halogens is 4. The van der Waals surface area contributed by atoms with Crippen LogP contribution < -0.4 is 0 Å². The zero-order valence-electron chi connectivity index (χ0n) is 13.3. The summed E-state index contributed by atoms with van der Waals surface area (Å²) in [7, 11) is 1.76. The van der Waals surface area contributed by atoms with E-state index in [2.05, 4.69) is 6.92 Å². The van der Waals surface area contributed by atoms with Gasteiger partial charge in [0.1, 0.15) is 0 Å². The smallest absolute Gasteiger partial charge is 0.255 e. The van der Waals surface area contributed by atoms with Crippen molar-refractivity contribution >= 4 is 52.3 Å². The molecule has 0 fully saturated rings. The lowest BCUT2D eigenvalue weighted by molar-refractivity contribution is 0.0785. The fourth-order valence-corrected chi connectivity index (χ4v) is 3.31. The molecule has 2 aromatic rings. The third kappa shape index (κ3) is 4.58. The topological polar surface area (TPSA) is 20.3 Å². The number of carbonyl (C=O) groups is 1. The summed E-state index contributed by atoms with van der Waals surface area (Å²) >= 11 is 24.1. The Hall–Kier alpha value is -0.930. The molecule has 2 nitrogen and oxygen atoms in total. The first-order chi connectivity index (χ1) is 11.3. The van der Waals surface area contributed by atoms with Gasteiger partial charge in [0.25, 0.3) is 5.91 Å². The van der Waals surface area contributed by atoms with Gasteiger partial charge in [-0.3, -0.25) is 4.79 Å². The normalized spacial score (nSPS) is 12.1. The lowest BCUT2D eigenvalue weighted by Gasteiger charge is -2.24. The highest BCUT2D eigenvalue weighted by Gasteiger charge is 2.20. The molecule has 0 heterocycles. The second-order valence-corrected chi connectivity index (χ2v) is 7.25. The van der Waals surface area contributed by atoms with Crippen LogP contribution in [0, 0.1) is 0 Å². The zero-order chi connectivity index (χ0) is 17.9. The first-order valence-corrected chi connectivity index (χ1v) is 9.00. The maximum atomic E-state index is 12.6. The largest absolute Gasteiger partial charge is 0.341 e. The monoisotopic (exact) mass is 403 g/mol. The minimum Gasteiger partial charge on any atom is -0.341 e. The van der Waals surface area contributed by atoms with E-state index in [4.69, 9.17) is 46.4 Å². The van der Waals surface area contributed by atoms with Crippen LogP contribution in [0.5, 0.6) is 0 Å². The molecule has 0 saturated heterocycles. The van der Waals surface area contributed by atoms with Crippen LogP contribution >= 0.6 is 46.4 Å². The van der Waals surface area contributed by atoms with E-state index in [0.29, 0.717) is 32.2 Å². The second-order valence-electron chi connectivity index (χ2n) is 5.59. The SMILES string of the molecule is CCC(CN(C)C(=O)c1ccc(Cl)cc1Cl)c1ccc(Cl)c(Cl)c1. The molecule has 2 rings (SSSR count). The molecule has 0 spiro atoms. The average molecular weight is 405 g/mol. The average Bonchev–Trinajstić information content (AvgIpc) is 2.54. The molecule has 0 aliphatic heterocycles. The Labute approximate surface area is 162 Å². The fraction of sp³-hybridized carbons (Fsp3) is 0.278. The summed E-state index contributed by atoms with van der Waals surface area (Å²) in [4.78, 5) is 14.3. The van der Waals surface area contributed by atoms with E-state index in [1.54, 1.807) is 36.2 Å². The third-order valence-corrected chi connectivity index (χ3v) is 5.20. The van der Waals surface area contributed by atoms with E-state index in [9.17, 15) is 4.79 Å². The summed E-state index contributed by atoms with van der Waals surface area (Å²) in [5.41, 5.74) is 1.49. The number of carbonyl (C=O) groups excluding carboxylic acids is 1. The Bertz CT molecular complexity index is 748. The van der Waals surface area contributed by atoms with Gasteiger partial charge < -0.3 is 4.90 Å². The van der Waals surface area contributed by atoms with Crippen molar-refractivity contribution in [3.05, 3.63) is 67.6 Å². The van der Waals surface area contributed by atoms with E-state index in [-0.39, 0.29) is 11.8 Å². The van der Waals surface area contributed by atoms with E-state index in [0.717, 1.165) is 12.0 Å². The Balaban J connectivity index is 2.17. The molecule has 128 valence electrons. The van der Waals surface area contributed by atoms with Crippen LogP contribution in [-0.4, -0.2) is 24.4 Å². The van der Waals surface area contributed by atoms with Crippen molar-refractivity contribution in [2.24, 2.45) is 0 Å². The van der Waals surface area contributed by atoms with Crippen LogP contribution in [0.25, 0.3) is 0 Å². The van der Waals surface area contributed by atoms with Crippen molar-refractivity contribution in [3.63, 3.8) is 0 Å². The molecular formula is C18H17Cl4NO. The molecule has 0 bridgehead atoms. The Morgan fingerprint density at radius 2 is 1.71 bits per heavy atom. The standard InChI is InChI=1S/C18H17Cl4NO/c1-3-11(12-4-7-15(20)17(22)8-12)10-23(2)18(24)14-6-5-13(19)9-16(14)21/h4-9,11H,3,10H2,1-2H3. The van der Waals surface area contributed by atoms with Gasteiger partial charge in [-0.15, -0.1) is 0 Å². The number of hydrogen-bond donors (Lipinski definition) is 0. The van der Waals surface area contributed by atoms with Gasteiger partial charge in [-0.1, -0.05) is 59.4 Å². The summed E-state index contributed by atoms with van der Waals surface area (Å²) in [6, 6.07) is 10.4. The van der Waals surface area contributed by atoms with Gasteiger partial charge in [0.15, 0.2) is 0 Å². The first kappa shape index (κ1) is 19.4. The minimum atomic E-state index is -0.143. The molecule has 0 N–H and O–H groups in total. The summed E-state index contributed by atoms with van der Waals surface area (Å²) in [5, 5.41) is 1.89. The Kier molecular flexibility index (Phi) is 6.82. The molecule has 0 aromatic heterocycles. The molecule has 1 atom stereocenters. The predicted molar refractivity (Wildman–Crippen MR) is 103 cm³/mol. The van der Waals surface area contributed by atoms with Crippen LogP contribution in [-0.2, 0) is 0 Å². The Morgan fingerprint density at radius 3 is 2.29 bits per heavy atom. The van der Waals surface area contributed by atoms with Crippen molar-refractivity contribution < 1.29 is 4.79 Å². The van der Waals surface area contributed by atoms with Crippen LogP contribution in [0.15, 0.2) is 36.4 Å². The van der Waals surface area contributed by atoms with Crippen molar-refractivity contribution in [1.82, 2.24) is 4.90 Å². The molecular weight excluding hydrogens is 388 g/mol. The van der Waals surface area contributed by atoms with E-state index >= 15 is 0 Å². The minimum absolute atomic E-state index is 0.143. The highest BCUT2D eigenvalue weighted by molar-refractivity contribution is 6.42. The summed E-state index contributed by atoms with van der Waals surface area (Å²) in [6.45, 7) is 2.62. The quantitative estimate of drug-likeness (QED) is 0.551. The van der Waals surface area contributed by atoms with Crippen molar-refractivity contribution in [2.45, 2.75) is 19.3 Å². The lowest BCUT2D eigenvalue weighted by Crippen LogP contribution is -2.31. The number of likely N-dealkylation sites (N-methyl/N-ethyl adjacent to an activating group) is 1. The second kappa shape index (κ2) is 8.44. The molecule has 0 saturated carbocycles. The lowest BCUT2D eigenvalue weighted by atomic mass is 9.96. The number of hydrogen-bond acceptors (Lipinski definition) is 1. The van der Waals surface area contributed by atoms with Gasteiger partial charge in [0.2, 0.25) is 0 Å². The number of nitrogens with zero attached hydrogens (tertiary/aromatic N) is 1. The van der Waals surface area contributed by atoms with Crippen LogP contribution in [0.3, 0.4) is 0 Å². The number of benzene rings is 2. The summed E-state index contributed by atoms with van der Waals surface area (Å²) in [6.07, 6.45) is 0.865. The maximum absolute atomic E-state index is 12.6. The van der Waals surface area contributed by atoms with Gasteiger partial charge in [-0.2, -0.15) is 0 Å². The third-order valence-electron chi connectivity index (χ3n) is 3.91. The number of rotatable bonds is 5. The molecule has 0 radical (unpaired) electrons. The van der Waals surface area contributed by atoms with Crippen molar-refractivity contribution in [2.75, 3.05) is 13.6 Å². The predicted octanol–water partition coefficient (Wildman–Crippen LogP) is 6.57. The van der Waals surface area contributed by atoms with Crippen molar-refractivity contribution in [1.29, 1.82) is 0 Å². The van der Waals surface area contributed by atoms with Gasteiger partial charge in [0, 0.05) is 24.5 Å². The Morgan fingerprint density at radius 1 is 1.00 bits per heavy atom. The molecule has 0 aliphatic carbocycles. The van der Waals surface area contributed by atoms with E-state index in [1.807, 2.05) is 12.1 Å². The summed E-state index contributed by atoms with van der Waals surface area (Å²) in [5.74, 6) is 0.00923. The van der Waals surface area contributed by atoms with Gasteiger partial charge in [-0.25, -0.2) is 0 Å². The van der Waals surface area contributed by atoms with Gasteiger partial charge >= 0.3 is 0 Å². The molecule has 2 aromatic carbocycles.